The molecule has 2 nitrogen and oxygen atoms in total. The second kappa shape index (κ2) is 6.25. The maximum absolute atomic E-state index is 6.33. The van der Waals surface area contributed by atoms with Gasteiger partial charge in [-0.3, -0.25) is 4.90 Å². The number of likely N-dealkylation sites (tertiary alicyclic amines) is 1. The third-order valence-corrected chi connectivity index (χ3v) is 4.25. The van der Waals surface area contributed by atoms with E-state index in [0.29, 0.717) is 0 Å². The van der Waals surface area contributed by atoms with Crippen molar-refractivity contribution >= 4 is 23.2 Å². The van der Waals surface area contributed by atoms with E-state index in [-0.39, 0.29) is 12.1 Å². The zero-order valence-electron chi connectivity index (χ0n) is 10.7. The average molecular weight is 287 g/mol. The van der Waals surface area contributed by atoms with Gasteiger partial charge in [0.1, 0.15) is 0 Å². The van der Waals surface area contributed by atoms with Crippen LogP contribution in [-0.4, -0.2) is 24.0 Å². The van der Waals surface area contributed by atoms with E-state index in [0.717, 1.165) is 48.0 Å². The monoisotopic (exact) mass is 286 g/mol. The van der Waals surface area contributed by atoms with Crippen molar-refractivity contribution in [3.8, 4) is 0 Å². The predicted octanol–water partition coefficient (Wildman–Crippen LogP) is 3.87. The fourth-order valence-electron chi connectivity index (χ4n) is 2.83. The average Bonchev–Trinajstić information content (AvgIpc) is 2.32. The van der Waals surface area contributed by atoms with E-state index in [9.17, 15) is 0 Å². The Kier molecular flexibility index (Phi) is 4.91. The molecule has 1 aromatic carbocycles. The van der Waals surface area contributed by atoms with Gasteiger partial charge in [-0.25, -0.2) is 0 Å². The zero-order valence-corrected chi connectivity index (χ0v) is 12.2. The van der Waals surface area contributed by atoms with E-state index in [1.54, 1.807) is 0 Å². The summed E-state index contributed by atoms with van der Waals surface area (Å²) in [7, 11) is 0. The highest BCUT2D eigenvalue weighted by molar-refractivity contribution is 6.36. The Morgan fingerprint density at radius 1 is 1.33 bits per heavy atom. The standard InChI is InChI=1S/C14H20Cl2N2/c1-2-8-18-9-4-7-12(17)14(18)13-10(15)5-3-6-11(13)16/h3,5-6,12,14H,2,4,7-9,17H2,1H3. The first-order valence-corrected chi connectivity index (χ1v) is 7.34. The number of hydrogen-bond acceptors (Lipinski definition) is 2. The molecule has 0 amide bonds. The van der Waals surface area contributed by atoms with Crippen molar-refractivity contribution in [2.75, 3.05) is 13.1 Å². The summed E-state index contributed by atoms with van der Waals surface area (Å²) in [5.41, 5.74) is 7.31. The molecule has 0 bridgehead atoms. The summed E-state index contributed by atoms with van der Waals surface area (Å²) < 4.78 is 0. The molecule has 18 heavy (non-hydrogen) atoms. The number of nitrogens with two attached hydrogens (primary N) is 1. The molecule has 2 rings (SSSR count). The number of rotatable bonds is 3. The van der Waals surface area contributed by atoms with E-state index < -0.39 is 0 Å². The Hall–Kier alpha value is -0.280. The molecule has 1 fully saturated rings. The third-order valence-electron chi connectivity index (χ3n) is 3.59. The van der Waals surface area contributed by atoms with E-state index in [4.69, 9.17) is 28.9 Å². The molecule has 100 valence electrons. The van der Waals surface area contributed by atoms with Crippen LogP contribution in [0.2, 0.25) is 10.0 Å². The second-order valence-corrected chi connectivity index (χ2v) is 5.74. The van der Waals surface area contributed by atoms with Crippen LogP contribution in [0.3, 0.4) is 0 Å². The lowest BCUT2D eigenvalue weighted by Crippen LogP contribution is -2.46. The molecule has 2 N–H and O–H groups in total. The first kappa shape index (κ1) is 14.1. The first-order valence-electron chi connectivity index (χ1n) is 6.58. The van der Waals surface area contributed by atoms with Crippen LogP contribution in [0.1, 0.15) is 37.8 Å². The normalized spacial score (nSPS) is 25.3. The van der Waals surface area contributed by atoms with Gasteiger partial charge in [0, 0.05) is 21.7 Å². The SMILES string of the molecule is CCCN1CCCC(N)C1c1c(Cl)cccc1Cl. The van der Waals surface area contributed by atoms with Crippen molar-refractivity contribution < 1.29 is 0 Å². The van der Waals surface area contributed by atoms with Crippen LogP contribution in [0, 0.1) is 0 Å². The molecule has 1 aliphatic heterocycles. The lowest BCUT2D eigenvalue weighted by atomic mass is 9.90. The number of benzene rings is 1. The molecule has 0 saturated carbocycles. The van der Waals surface area contributed by atoms with Gasteiger partial charge in [-0.2, -0.15) is 0 Å². The highest BCUT2D eigenvalue weighted by Gasteiger charge is 2.32. The molecule has 1 saturated heterocycles. The van der Waals surface area contributed by atoms with Gasteiger partial charge in [0.25, 0.3) is 0 Å². The minimum atomic E-state index is 0.114. The van der Waals surface area contributed by atoms with Crippen molar-refractivity contribution in [3.63, 3.8) is 0 Å². The van der Waals surface area contributed by atoms with Gasteiger partial charge < -0.3 is 5.73 Å². The lowest BCUT2D eigenvalue weighted by molar-refractivity contribution is 0.129. The summed E-state index contributed by atoms with van der Waals surface area (Å²) in [5.74, 6) is 0. The van der Waals surface area contributed by atoms with Gasteiger partial charge >= 0.3 is 0 Å². The van der Waals surface area contributed by atoms with Crippen molar-refractivity contribution in [1.29, 1.82) is 0 Å². The molecule has 4 heteroatoms. The summed E-state index contributed by atoms with van der Waals surface area (Å²) in [6.45, 7) is 4.30. The fourth-order valence-corrected chi connectivity index (χ4v) is 3.45. The quantitative estimate of drug-likeness (QED) is 0.914. The smallest absolute Gasteiger partial charge is 0.0528 e. The molecule has 1 aliphatic rings. The molecule has 2 atom stereocenters. The Labute approximate surface area is 119 Å². The largest absolute Gasteiger partial charge is 0.326 e. The van der Waals surface area contributed by atoms with Crippen LogP contribution >= 0.6 is 23.2 Å². The maximum Gasteiger partial charge on any atom is 0.0528 e. The van der Waals surface area contributed by atoms with Crippen molar-refractivity contribution in [1.82, 2.24) is 4.90 Å². The van der Waals surface area contributed by atoms with Crippen LogP contribution in [0.25, 0.3) is 0 Å². The van der Waals surface area contributed by atoms with Gasteiger partial charge in [0.2, 0.25) is 0 Å². The van der Waals surface area contributed by atoms with Crippen molar-refractivity contribution in [2.45, 2.75) is 38.3 Å². The Morgan fingerprint density at radius 2 is 2.00 bits per heavy atom. The number of halogens is 2. The summed E-state index contributed by atoms with van der Waals surface area (Å²) in [6, 6.07) is 5.94. The molecule has 1 aromatic rings. The van der Waals surface area contributed by atoms with Crippen molar-refractivity contribution in [2.24, 2.45) is 5.73 Å². The summed E-state index contributed by atoms with van der Waals surface area (Å²) in [5, 5.41) is 1.46. The first-order chi connectivity index (χ1) is 8.65. The molecule has 0 aromatic heterocycles. The van der Waals surface area contributed by atoms with Crippen LogP contribution in [0.5, 0.6) is 0 Å². The minimum Gasteiger partial charge on any atom is -0.326 e. The summed E-state index contributed by atoms with van der Waals surface area (Å²) in [4.78, 5) is 2.42. The van der Waals surface area contributed by atoms with E-state index in [2.05, 4.69) is 11.8 Å². The number of hydrogen-bond donors (Lipinski definition) is 1. The van der Waals surface area contributed by atoms with Crippen LogP contribution < -0.4 is 5.73 Å². The fraction of sp³-hybridized carbons (Fsp3) is 0.571. The summed E-state index contributed by atoms with van der Waals surface area (Å²) in [6.07, 6.45) is 3.30. The van der Waals surface area contributed by atoms with Crippen LogP contribution in [-0.2, 0) is 0 Å². The highest BCUT2D eigenvalue weighted by atomic mass is 35.5. The maximum atomic E-state index is 6.33. The molecule has 1 heterocycles. The zero-order chi connectivity index (χ0) is 13.1. The molecular formula is C14H20Cl2N2. The van der Waals surface area contributed by atoms with E-state index in [1.165, 1.54) is 0 Å². The molecular weight excluding hydrogens is 267 g/mol. The van der Waals surface area contributed by atoms with Gasteiger partial charge in [-0.1, -0.05) is 36.2 Å². The van der Waals surface area contributed by atoms with Crippen molar-refractivity contribution in [3.05, 3.63) is 33.8 Å². The number of piperidine rings is 1. The Balaban J connectivity index is 2.37. The second-order valence-electron chi connectivity index (χ2n) is 4.92. The van der Waals surface area contributed by atoms with Gasteiger partial charge in [-0.15, -0.1) is 0 Å². The molecule has 2 unspecified atom stereocenters. The minimum absolute atomic E-state index is 0.114. The topological polar surface area (TPSA) is 29.3 Å². The molecule has 0 aliphatic carbocycles. The summed E-state index contributed by atoms with van der Waals surface area (Å²) >= 11 is 12.7. The third kappa shape index (κ3) is 2.83. The van der Waals surface area contributed by atoms with Crippen LogP contribution in [0.15, 0.2) is 18.2 Å². The molecule has 0 radical (unpaired) electrons. The number of nitrogens with zero attached hydrogens (tertiary/aromatic N) is 1. The van der Waals surface area contributed by atoms with Crippen LogP contribution in [0.4, 0.5) is 0 Å². The lowest BCUT2D eigenvalue weighted by Gasteiger charge is -2.40. The van der Waals surface area contributed by atoms with Gasteiger partial charge in [0.05, 0.1) is 6.04 Å². The predicted molar refractivity (Wildman–Crippen MR) is 78.3 cm³/mol. The highest BCUT2D eigenvalue weighted by Crippen LogP contribution is 2.38. The van der Waals surface area contributed by atoms with Gasteiger partial charge in [0.15, 0.2) is 0 Å². The Morgan fingerprint density at radius 3 is 2.61 bits per heavy atom. The van der Waals surface area contributed by atoms with E-state index >= 15 is 0 Å². The van der Waals surface area contributed by atoms with Gasteiger partial charge in [-0.05, 0) is 44.5 Å². The molecule has 0 spiro atoms. The Bertz CT molecular complexity index is 387. The van der Waals surface area contributed by atoms with E-state index in [1.807, 2.05) is 18.2 Å².